The third kappa shape index (κ3) is 4.06. The first-order chi connectivity index (χ1) is 14.4. The lowest BCUT2D eigenvalue weighted by atomic mass is 10.2. The lowest BCUT2D eigenvalue weighted by Crippen LogP contribution is -2.44. The molecule has 1 aromatic carbocycles. The van der Waals surface area contributed by atoms with Crippen molar-refractivity contribution in [3.63, 3.8) is 0 Å². The fraction of sp³-hybridized carbons (Fsp3) is 0.400. The Morgan fingerprint density at radius 3 is 2.73 bits per heavy atom. The summed E-state index contributed by atoms with van der Waals surface area (Å²) in [5.74, 6) is 0.117. The highest BCUT2D eigenvalue weighted by molar-refractivity contribution is 8.00. The number of thioether (sulfide) groups is 1. The zero-order valence-corrected chi connectivity index (χ0v) is 18.4. The zero-order valence-electron chi connectivity index (χ0n) is 16.8. The average Bonchev–Trinajstić information content (AvgIpc) is 3.33. The number of benzene rings is 1. The van der Waals surface area contributed by atoms with E-state index < -0.39 is 15.1 Å². The van der Waals surface area contributed by atoms with Gasteiger partial charge in [-0.05, 0) is 32.4 Å². The highest BCUT2D eigenvalue weighted by Gasteiger charge is 2.35. The van der Waals surface area contributed by atoms with Crippen molar-refractivity contribution < 1.29 is 13.2 Å². The van der Waals surface area contributed by atoms with Crippen molar-refractivity contribution in [2.75, 3.05) is 18.1 Å². The van der Waals surface area contributed by atoms with Gasteiger partial charge in [-0.1, -0.05) is 30.0 Å². The van der Waals surface area contributed by atoms with Gasteiger partial charge in [-0.2, -0.15) is 5.10 Å². The molecule has 2 atom stereocenters. The molecule has 1 saturated heterocycles. The maximum atomic E-state index is 13.1. The first-order valence-electron chi connectivity index (χ1n) is 9.81. The molecule has 1 amide bonds. The van der Waals surface area contributed by atoms with Crippen LogP contribution in [0.3, 0.4) is 0 Å². The molecule has 4 rings (SSSR count). The van der Waals surface area contributed by atoms with Crippen LogP contribution in [0.1, 0.15) is 20.3 Å². The smallest absolute Gasteiger partial charge is 0.236 e. The SMILES string of the molecule is CCN(C(=O)[C@@H](C)Sc1ncnc2c1cnn2-c1ccccc1)[C@@H]1CCS(=O)(=O)C1. The van der Waals surface area contributed by atoms with Crippen LogP contribution in [0.15, 0.2) is 47.9 Å². The van der Waals surface area contributed by atoms with E-state index >= 15 is 0 Å². The van der Waals surface area contributed by atoms with Gasteiger partial charge in [0.2, 0.25) is 5.91 Å². The Bertz CT molecular complexity index is 1160. The van der Waals surface area contributed by atoms with Gasteiger partial charge in [-0.15, -0.1) is 0 Å². The van der Waals surface area contributed by atoms with Crippen molar-refractivity contribution in [3.05, 3.63) is 42.9 Å². The van der Waals surface area contributed by atoms with Gasteiger partial charge in [0.05, 0.1) is 34.0 Å². The lowest BCUT2D eigenvalue weighted by Gasteiger charge is -2.29. The van der Waals surface area contributed by atoms with Crippen LogP contribution in [0.25, 0.3) is 16.7 Å². The number of carbonyl (C=O) groups excluding carboxylic acids is 1. The summed E-state index contributed by atoms with van der Waals surface area (Å²) in [6.45, 7) is 4.19. The van der Waals surface area contributed by atoms with E-state index in [-0.39, 0.29) is 23.5 Å². The minimum atomic E-state index is -3.05. The van der Waals surface area contributed by atoms with E-state index in [2.05, 4.69) is 15.1 Å². The van der Waals surface area contributed by atoms with E-state index in [4.69, 9.17) is 0 Å². The second-order valence-corrected chi connectivity index (χ2v) is 10.8. The molecular weight excluding hydrogens is 422 g/mol. The molecule has 10 heteroatoms. The van der Waals surface area contributed by atoms with Crippen LogP contribution >= 0.6 is 11.8 Å². The van der Waals surface area contributed by atoms with Crippen molar-refractivity contribution >= 4 is 38.5 Å². The van der Waals surface area contributed by atoms with Crippen LogP contribution in [0.5, 0.6) is 0 Å². The van der Waals surface area contributed by atoms with Crippen LogP contribution in [0.4, 0.5) is 0 Å². The second-order valence-electron chi connectivity index (χ2n) is 7.25. The van der Waals surface area contributed by atoms with Crippen molar-refractivity contribution in [2.45, 2.75) is 36.6 Å². The molecular formula is C20H23N5O3S2. The summed E-state index contributed by atoms with van der Waals surface area (Å²) in [6.07, 6.45) is 3.69. The van der Waals surface area contributed by atoms with Gasteiger partial charge < -0.3 is 4.90 Å². The van der Waals surface area contributed by atoms with E-state index in [0.717, 1.165) is 11.1 Å². The number of para-hydroxylation sites is 1. The van der Waals surface area contributed by atoms with E-state index in [1.165, 1.54) is 18.1 Å². The molecule has 3 aromatic rings. The van der Waals surface area contributed by atoms with Gasteiger partial charge in [0.25, 0.3) is 0 Å². The second kappa shape index (κ2) is 8.35. The Morgan fingerprint density at radius 1 is 1.30 bits per heavy atom. The molecule has 30 heavy (non-hydrogen) atoms. The highest BCUT2D eigenvalue weighted by atomic mass is 32.2. The number of carbonyl (C=O) groups is 1. The number of hydrogen-bond donors (Lipinski definition) is 0. The number of nitrogens with zero attached hydrogens (tertiary/aromatic N) is 5. The Kier molecular flexibility index (Phi) is 5.79. The molecule has 0 N–H and O–H groups in total. The van der Waals surface area contributed by atoms with Gasteiger partial charge in [-0.25, -0.2) is 23.1 Å². The zero-order chi connectivity index (χ0) is 21.3. The standard InChI is InChI=1S/C20H23N5O3S2/c1-3-24(16-9-10-30(27,28)12-16)20(26)14(2)29-19-17-11-23-25(18(17)21-13-22-19)15-7-5-4-6-8-15/h4-8,11,13-14,16H,3,9-10,12H2,1-2H3/t14-,16-/m1/s1. The fourth-order valence-corrected chi connectivity index (χ4v) is 6.42. The van der Waals surface area contributed by atoms with Crippen LogP contribution in [-0.2, 0) is 14.6 Å². The quantitative estimate of drug-likeness (QED) is 0.424. The van der Waals surface area contributed by atoms with Crippen LogP contribution in [0.2, 0.25) is 0 Å². The highest BCUT2D eigenvalue weighted by Crippen LogP contribution is 2.30. The minimum absolute atomic E-state index is 0.0472. The first-order valence-corrected chi connectivity index (χ1v) is 12.5. The molecule has 1 aliphatic heterocycles. The number of sulfone groups is 1. The number of aromatic nitrogens is 4. The van der Waals surface area contributed by atoms with Gasteiger partial charge in [0.15, 0.2) is 15.5 Å². The monoisotopic (exact) mass is 445 g/mol. The molecule has 0 spiro atoms. The molecule has 0 saturated carbocycles. The van der Waals surface area contributed by atoms with Gasteiger partial charge in [0, 0.05) is 12.6 Å². The summed E-state index contributed by atoms with van der Waals surface area (Å²) >= 11 is 1.35. The predicted molar refractivity (Wildman–Crippen MR) is 116 cm³/mol. The molecule has 1 aliphatic rings. The average molecular weight is 446 g/mol. The van der Waals surface area contributed by atoms with Gasteiger partial charge in [-0.3, -0.25) is 4.79 Å². The summed E-state index contributed by atoms with van der Waals surface area (Å²) < 4.78 is 25.4. The van der Waals surface area contributed by atoms with E-state index in [0.29, 0.717) is 23.6 Å². The maximum Gasteiger partial charge on any atom is 0.236 e. The fourth-order valence-electron chi connectivity index (χ4n) is 3.74. The van der Waals surface area contributed by atoms with Gasteiger partial charge >= 0.3 is 0 Å². The maximum absolute atomic E-state index is 13.1. The summed E-state index contributed by atoms with van der Waals surface area (Å²) in [7, 11) is -3.05. The largest absolute Gasteiger partial charge is 0.338 e. The molecule has 0 bridgehead atoms. The first kappa shape index (κ1) is 20.8. The predicted octanol–water partition coefficient (Wildman–Crippen LogP) is 2.33. The Balaban J connectivity index is 1.56. The van der Waals surface area contributed by atoms with Crippen molar-refractivity contribution in [1.29, 1.82) is 0 Å². The number of fused-ring (bicyclic) bond motifs is 1. The normalized spacial score (nSPS) is 19.1. The molecule has 0 radical (unpaired) electrons. The molecule has 1 fully saturated rings. The summed E-state index contributed by atoms with van der Waals surface area (Å²) in [6, 6.07) is 9.45. The molecule has 0 aliphatic carbocycles. The molecule has 3 heterocycles. The lowest BCUT2D eigenvalue weighted by molar-refractivity contribution is -0.131. The van der Waals surface area contributed by atoms with Gasteiger partial charge in [0.1, 0.15) is 11.4 Å². The van der Waals surface area contributed by atoms with Crippen LogP contribution in [-0.4, -0.2) is 68.3 Å². The summed E-state index contributed by atoms with van der Waals surface area (Å²) in [5, 5.41) is 5.49. The number of amides is 1. The van der Waals surface area contributed by atoms with Crippen LogP contribution < -0.4 is 0 Å². The Labute approximate surface area is 179 Å². The number of hydrogen-bond acceptors (Lipinski definition) is 7. The summed E-state index contributed by atoms with van der Waals surface area (Å²) in [4.78, 5) is 23.5. The third-order valence-electron chi connectivity index (χ3n) is 5.24. The van der Waals surface area contributed by atoms with Crippen molar-refractivity contribution in [3.8, 4) is 5.69 Å². The van der Waals surface area contributed by atoms with E-state index in [9.17, 15) is 13.2 Å². The number of rotatable bonds is 6. The topological polar surface area (TPSA) is 98.1 Å². The van der Waals surface area contributed by atoms with Crippen molar-refractivity contribution in [2.24, 2.45) is 0 Å². The minimum Gasteiger partial charge on any atom is -0.338 e. The van der Waals surface area contributed by atoms with E-state index in [1.54, 1.807) is 15.8 Å². The molecule has 0 unspecified atom stereocenters. The van der Waals surface area contributed by atoms with Crippen LogP contribution in [0, 0.1) is 0 Å². The molecule has 158 valence electrons. The third-order valence-corrected chi connectivity index (χ3v) is 8.09. The van der Waals surface area contributed by atoms with E-state index in [1.807, 2.05) is 44.2 Å². The summed E-state index contributed by atoms with van der Waals surface area (Å²) in [5.41, 5.74) is 1.57. The van der Waals surface area contributed by atoms with Crippen molar-refractivity contribution in [1.82, 2.24) is 24.6 Å². The molecule has 2 aromatic heterocycles. The Morgan fingerprint density at radius 2 is 2.07 bits per heavy atom. The molecule has 8 nitrogen and oxygen atoms in total. The Hall–Kier alpha value is -2.46.